The fourth-order valence-corrected chi connectivity index (χ4v) is 2.32. The quantitative estimate of drug-likeness (QED) is 0.755. The number of aryl methyl sites for hydroxylation is 1. The molecule has 0 aliphatic carbocycles. The fourth-order valence-electron chi connectivity index (χ4n) is 1.37. The van der Waals surface area contributed by atoms with Gasteiger partial charge in [0.2, 0.25) is 0 Å². The van der Waals surface area contributed by atoms with Crippen molar-refractivity contribution in [1.29, 1.82) is 0 Å². The van der Waals surface area contributed by atoms with Gasteiger partial charge in [-0.15, -0.1) is 11.3 Å². The Morgan fingerprint density at radius 3 is 3.67 bits per heavy atom. The summed E-state index contributed by atoms with van der Waals surface area (Å²) in [6.07, 6.45) is 0.227. The molecule has 0 spiro atoms. The van der Waals surface area contributed by atoms with E-state index in [1.165, 1.54) is 0 Å². The topological polar surface area (TPSA) is 21.3 Å². The highest BCUT2D eigenvalue weighted by Crippen LogP contribution is 2.30. The van der Waals surface area contributed by atoms with Crippen LogP contribution in [0.5, 0.6) is 0 Å². The van der Waals surface area contributed by atoms with Crippen molar-refractivity contribution in [3.8, 4) is 0 Å². The molecule has 66 valence electrons. The van der Waals surface area contributed by atoms with E-state index in [1.54, 1.807) is 11.3 Å². The van der Waals surface area contributed by atoms with Crippen molar-refractivity contribution >= 4 is 11.3 Å². The molecule has 0 saturated heterocycles. The highest BCUT2D eigenvalue weighted by molar-refractivity contribution is 7.10. The van der Waals surface area contributed by atoms with E-state index < -0.39 is 6.56 Å². The molecule has 1 N–H and O–H groups in total. The Hall–Kier alpha value is -0.380. The van der Waals surface area contributed by atoms with Gasteiger partial charge < -0.3 is 10.1 Å². The third kappa shape index (κ3) is 1.40. The third-order valence-electron chi connectivity index (χ3n) is 1.95. The molecule has 0 amide bonds. The standard InChI is InChI=1S/C9H13NOS/c1-10-6-8-9-7(2-4-11-8)3-5-12-9/h3,5,8,10H,2,4,6H2,1H3/i4D2. The van der Waals surface area contributed by atoms with Crippen LogP contribution in [0.1, 0.15) is 19.3 Å². The maximum absolute atomic E-state index is 7.63. The van der Waals surface area contributed by atoms with Gasteiger partial charge >= 0.3 is 0 Å². The van der Waals surface area contributed by atoms with Crippen molar-refractivity contribution in [2.24, 2.45) is 0 Å². The van der Waals surface area contributed by atoms with E-state index in [1.807, 2.05) is 18.5 Å². The Morgan fingerprint density at radius 2 is 2.83 bits per heavy atom. The van der Waals surface area contributed by atoms with Crippen LogP contribution in [-0.4, -0.2) is 20.2 Å². The summed E-state index contributed by atoms with van der Waals surface area (Å²) in [5.41, 5.74) is 1.09. The number of hydrogen-bond acceptors (Lipinski definition) is 3. The van der Waals surface area contributed by atoms with Gasteiger partial charge in [-0.05, 0) is 30.5 Å². The predicted octanol–water partition coefficient (Wildman–Crippen LogP) is 1.58. The lowest BCUT2D eigenvalue weighted by molar-refractivity contribution is 0.0469. The van der Waals surface area contributed by atoms with Crippen LogP contribution in [0.25, 0.3) is 0 Å². The summed E-state index contributed by atoms with van der Waals surface area (Å²) in [5, 5.41) is 5.02. The van der Waals surface area contributed by atoms with Gasteiger partial charge in [-0.1, -0.05) is 0 Å². The van der Waals surface area contributed by atoms with Crippen LogP contribution in [0.4, 0.5) is 0 Å². The molecular formula is C9H13NOS. The molecule has 0 bridgehead atoms. The monoisotopic (exact) mass is 185 g/mol. The summed E-state index contributed by atoms with van der Waals surface area (Å²) in [5.74, 6) is 0. The lowest BCUT2D eigenvalue weighted by Crippen LogP contribution is -2.23. The first-order chi connectivity index (χ1) is 6.62. The molecule has 2 nitrogen and oxygen atoms in total. The Labute approximate surface area is 79.4 Å². The average molecular weight is 185 g/mol. The summed E-state index contributed by atoms with van der Waals surface area (Å²) in [6.45, 7) is -0.859. The first kappa shape index (κ1) is 6.13. The van der Waals surface area contributed by atoms with E-state index in [2.05, 4.69) is 5.32 Å². The van der Waals surface area contributed by atoms with E-state index in [0.29, 0.717) is 13.0 Å². The molecular weight excluding hydrogens is 170 g/mol. The van der Waals surface area contributed by atoms with Gasteiger partial charge in [0.25, 0.3) is 0 Å². The van der Waals surface area contributed by atoms with E-state index in [4.69, 9.17) is 7.48 Å². The maximum Gasteiger partial charge on any atom is 0.104 e. The second kappa shape index (κ2) is 3.56. The lowest BCUT2D eigenvalue weighted by atomic mass is 10.1. The van der Waals surface area contributed by atoms with Crippen LogP contribution >= 0.6 is 11.3 Å². The molecule has 2 heterocycles. The first-order valence-corrected chi connectivity index (χ1v) is 4.89. The SMILES string of the molecule is [2H]C1([2H])Cc2ccsc2C(CNC)O1. The highest BCUT2D eigenvalue weighted by atomic mass is 32.1. The second-order valence-corrected chi connectivity index (χ2v) is 3.74. The Balaban J connectivity index is 2.28. The largest absolute Gasteiger partial charge is 0.371 e. The first-order valence-electron chi connectivity index (χ1n) is 5.01. The van der Waals surface area contributed by atoms with Crippen molar-refractivity contribution in [2.45, 2.75) is 12.5 Å². The molecule has 0 saturated carbocycles. The number of ether oxygens (including phenoxy) is 1. The Bertz CT molecular complexity index is 326. The zero-order valence-corrected chi connectivity index (χ0v) is 7.78. The van der Waals surface area contributed by atoms with Gasteiger partial charge in [-0.25, -0.2) is 0 Å². The molecule has 1 unspecified atom stereocenters. The number of nitrogens with one attached hydrogen (secondary N) is 1. The zero-order chi connectivity index (χ0) is 10.2. The van der Waals surface area contributed by atoms with Crippen molar-refractivity contribution in [2.75, 3.05) is 20.2 Å². The zero-order valence-electron chi connectivity index (χ0n) is 8.96. The van der Waals surface area contributed by atoms with E-state index in [0.717, 1.165) is 10.4 Å². The molecule has 1 aromatic heterocycles. The number of fused-ring (bicyclic) bond motifs is 1. The minimum Gasteiger partial charge on any atom is -0.371 e. The van der Waals surface area contributed by atoms with Gasteiger partial charge in [0.05, 0.1) is 9.30 Å². The van der Waals surface area contributed by atoms with E-state index in [-0.39, 0.29) is 6.10 Å². The van der Waals surface area contributed by atoms with Crippen LogP contribution in [0.3, 0.4) is 0 Å². The summed E-state index contributed by atoms with van der Waals surface area (Å²) < 4.78 is 20.6. The van der Waals surface area contributed by atoms with E-state index in [9.17, 15) is 0 Å². The minimum absolute atomic E-state index is 0.140. The molecule has 1 atom stereocenters. The second-order valence-electron chi connectivity index (χ2n) is 2.80. The number of thiophene rings is 1. The fraction of sp³-hybridized carbons (Fsp3) is 0.556. The van der Waals surface area contributed by atoms with Crippen LogP contribution in [0, 0.1) is 0 Å². The van der Waals surface area contributed by atoms with Crippen LogP contribution in [0.2, 0.25) is 0 Å². The van der Waals surface area contributed by atoms with Gasteiger partial charge in [-0.3, -0.25) is 0 Å². The van der Waals surface area contributed by atoms with Gasteiger partial charge in [-0.2, -0.15) is 0 Å². The molecule has 1 aliphatic rings. The summed E-state index contributed by atoms with van der Waals surface area (Å²) >= 11 is 1.64. The highest BCUT2D eigenvalue weighted by Gasteiger charge is 2.20. The Morgan fingerprint density at radius 1 is 1.92 bits per heavy atom. The number of hydrogen-bond donors (Lipinski definition) is 1. The number of likely N-dealkylation sites (N-methyl/N-ethyl adjacent to an activating group) is 1. The normalized spacial score (nSPS) is 28.9. The summed E-state index contributed by atoms with van der Waals surface area (Å²) in [7, 11) is 1.85. The van der Waals surface area contributed by atoms with Crippen LogP contribution in [0.15, 0.2) is 11.4 Å². The molecule has 0 aromatic carbocycles. The minimum atomic E-state index is -1.52. The molecule has 0 fully saturated rings. The molecule has 0 radical (unpaired) electrons. The average Bonchev–Trinajstić information content (AvgIpc) is 2.50. The summed E-state index contributed by atoms with van der Waals surface area (Å²) in [4.78, 5) is 1.16. The smallest absolute Gasteiger partial charge is 0.104 e. The molecule has 12 heavy (non-hydrogen) atoms. The van der Waals surface area contributed by atoms with Crippen molar-refractivity contribution < 1.29 is 7.48 Å². The van der Waals surface area contributed by atoms with Gasteiger partial charge in [0.1, 0.15) is 6.10 Å². The van der Waals surface area contributed by atoms with Gasteiger partial charge in [0, 0.05) is 11.4 Å². The van der Waals surface area contributed by atoms with Gasteiger partial charge in [0.15, 0.2) is 0 Å². The number of rotatable bonds is 2. The molecule has 2 rings (SSSR count). The predicted molar refractivity (Wildman–Crippen MR) is 50.6 cm³/mol. The summed E-state index contributed by atoms with van der Waals surface area (Å²) in [6, 6.07) is 1.99. The van der Waals surface area contributed by atoms with Crippen LogP contribution in [-0.2, 0) is 11.2 Å². The molecule has 1 aliphatic heterocycles. The van der Waals surface area contributed by atoms with Crippen molar-refractivity contribution in [3.63, 3.8) is 0 Å². The van der Waals surface area contributed by atoms with Crippen molar-refractivity contribution in [1.82, 2.24) is 5.32 Å². The van der Waals surface area contributed by atoms with Crippen molar-refractivity contribution in [3.05, 3.63) is 21.9 Å². The van der Waals surface area contributed by atoms with Crippen LogP contribution < -0.4 is 5.32 Å². The maximum atomic E-state index is 7.63. The molecule has 1 aromatic rings. The Kier molecular flexibility index (Phi) is 1.82. The third-order valence-corrected chi connectivity index (χ3v) is 3.00. The molecule has 3 heteroatoms. The lowest BCUT2D eigenvalue weighted by Gasteiger charge is -2.22. The van der Waals surface area contributed by atoms with E-state index >= 15 is 0 Å².